The number of ether oxygens (including phenoxy) is 1. The molecule has 10 nitrogen and oxygen atoms in total. The van der Waals surface area contributed by atoms with Crippen molar-refractivity contribution in [3.05, 3.63) is 64.2 Å². The number of nitrogens with one attached hydrogen (secondary N) is 3. The molecule has 2 aromatic carbocycles. The van der Waals surface area contributed by atoms with E-state index in [-0.39, 0.29) is 37.1 Å². The van der Waals surface area contributed by atoms with Crippen LogP contribution in [0.1, 0.15) is 46.0 Å². The van der Waals surface area contributed by atoms with Crippen LogP contribution in [0, 0.1) is 18.8 Å². The number of carbonyl (C=O) groups is 5. The Bertz CT molecular complexity index is 1470. The van der Waals surface area contributed by atoms with E-state index < -0.39 is 23.0 Å². The van der Waals surface area contributed by atoms with Gasteiger partial charge in [0.1, 0.15) is 11.3 Å². The Morgan fingerprint density at radius 2 is 1.84 bits per heavy atom. The number of urea groups is 1. The minimum Gasteiger partial charge on any atom is -0.497 e. The number of hydrogen-bond donors (Lipinski definition) is 3. The molecule has 2 atom stereocenters. The summed E-state index contributed by atoms with van der Waals surface area (Å²) in [4.78, 5) is 63.6. The number of Topliss-reactive ketones (excluding diaryl/α,β-unsaturated/α-hetero) is 1. The summed E-state index contributed by atoms with van der Waals surface area (Å²) >= 11 is 0. The molecule has 2 aromatic rings. The molecule has 0 saturated carbocycles. The van der Waals surface area contributed by atoms with Crippen molar-refractivity contribution in [2.75, 3.05) is 13.7 Å². The number of nitrogens with zero attached hydrogens (tertiary/aromatic N) is 1. The number of hydrogen-bond acceptors (Lipinski definition) is 6. The molecule has 37 heavy (non-hydrogen) atoms. The Morgan fingerprint density at radius 3 is 2.46 bits per heavy atom. The van der Waals surface area contributed by atoms with Gasteiger partial charge in [0.05, 0.1) is 20.1 Å². The quantitative estimate of drug-likeness (QED) is 0.324. The van der Waals surface area contributed by atoms with Crippen molar-refractivity contribution in [2.24, 2.45) is 0 Å². The van der Waals surface area contributed by atoms with Gasteiger partial charge in [-0.15, -0.1) is 0 Å². The summed E-state index contributed by atoms with van der Waals surface area (Å²) in [5.74, 6) is 4.93. The van der Waals surface area contributed by atoms with E-state index in [1.165, 1.54) is 12.0 Å². The molecule has 2 fully saturated rings. The summed E-state index contributed by atoms with van der Waals surface area (Å²) in [5, 5.41) is 7.54. The number of ketones is 1. The standard InChI is InChI=1S/C27H24N4O6/c1-15-10-18(26(2)21(32)12-22(33)29-26)6-4-16(15)8-9-27(24(35)28-25(36)30-27)14-31-13-17-5-7-19(37-3)11-20(17)23(31)34/h4-7,10-11H,12-14H2,1-3H3,(H,29,33)(H2,28,30,35,36)/t26?,27-/m1/s1. The lowest BCUT2D eigenvalue weighted by atomic mass is 9.87. The fourth-order valence-electron chi connectivity index (χ4n) is 4.85. The van der Waals surface area contributed by atoms with Crippen molar-refractivity contribution < 1.29 is 28.7 Å². The van der Waals surface area contributed by atoms with Gasteiger partial charge >= 0.3 is 6.03 Å². The largest absolute Gasteiger partial charge is 0.497 e. The van der Waals surface area contributed by atoms with Gasteiger partial charge in [0.2, 0.25) is 11.4 Å². The van der Waals surface area contributed by atoms with Gasteiger partial charge in [0.25, 0.3) is 11.8 Å². The van der Waals surface area contributed by atoms with Crippen LogP contribution in [0.3, 0.4) is 0 Å². The van der Waals surface area contributed by atoms with E-state index in [9.17, 15) is 24.0 Å². The van der Waals surface area contributed by atoms with Gasteiger partial charge in [0.15, 0.2) is 5.78 Å². The van der Waals surface area contributed by atoms with Crippen LogP contribution in [0.25, 0.3) is 0 Å². The molecule has 3 aliphatic heterocycles. The normalized spacial score (nSPS) is 24.3. The molecule has 3 N–H and O–H groups in total. The van der Waals surface area contributed by atoms with Crippen LogP contribution in [-0.2, 0) is 26.5 Å². The van der Waals surface area contributed by atoms with Crippen molar-refractivity contribution in [1.82, 2.24) is 20.9 Å². The van der Waals surface area contributed by atoms with Gasteiger partial charge < -0.3 is 20.3 Å². The lowest BCUT2D eigenvalue weighted by Gasteiger charge is -2.26. The summed E-state index contributed by atoms with van der Waals surface area (Å²) in [6, 6.07) is 9.67. The summed E-state index contributed by atoms with van der Waals surface area (Å²) < 4.78 is 5.21. The maximum atomic E-state index is 13.1. The van der Waals surface area contributed by atoms with Crippen molar-refractivity contribution in [1.29, 1.82) is 0 Å². The zero-order valence-corrected chi connectivity index (χ0v) is 20.5. The molecule has 0 spiro atoms. The number of imide groups is 1. The molecule has 1 unspecified atom stereocenters. The van der Waals surface area contributed by atoms with Gasteiger partial charge in [-0.1, -0.05) is 30.0 Å². The molecular formula is C27H24N4O6. The molecule has 5 amide bonds. The van der Waals surface area contributed by atoms with Gasteiger partial charge in [-0.25, -0.2) is 4.79 Å². The minimum absolute atomic E-state index is 0.150. The molecule has 0 bridgehead atoms. The molecule has 5 rings (SSSR count). The van der Waals surface area contributed by atoms with Crippen LogP contribution in [0.4, 0.5) is 4.79 Å². The maximum absolute atomic E-state index is 13.1. The first-order valence-corrected chi connectivity index (χ1v) is 11.6. The third-order valence-electron chi connectivity index (χ3n) is 7.05. The number of fused-ring (bicyclic) bond motifs is 1. The number of benzene rings is 2. The average Bonchev–Trinajstić information content (AvgIpc) is 3.42. The molecule has 0 aliphatic carbocycles. The number of aryl methyl sites for hydroxylation is 1. The zero-order chi connectivity index (χ0) is 26.5. The summed E-state index contributed by atoms with van der Waals surface area (Å²) in [6.07, 6.45) is -0.166. The molecule has 0 radical (unpaired) electrons. The highest BCUT2D eigenvalue weighted by molar-refractivity contribution is 6.11. The fraction of sp³-hybridized carbons (Fsp3) is 0.296. The Hall–Kier alpha value is -4.65. The molecule has 0 aromatic heterocycles. The van der Waals surface area contributed by atoms with E-state index in [0.717, 1.165) is 11.1 Å². The summed E-state index contributed by atoms with van der Waals surface area (Å²) in [7, 11) is 1.51. The van der Waals surface area contributed by atoms with Gasteiger partial charge in [-0.2, -0.15) is 0 Å². The molecule has 3 heterocycles. The Balaban J connectivity index is 1.44. The summed E-state index contributed by atoms with van der Waals surface area (Å²) in [5.41, 5.74) is 0.416. The van der Waals surface area contributed by atoms with Crippen molar-refractivity contribution >= 4 is 29.5 Å². The van der Waals surface area contributed by atoms with E-state index >= 15 is 0 Å². The van der Waals surface area contributed by atoms with E-state index in [2.05, 4.69) is 27.8 Å². The molecule has 188 valence electrons. The number of amides is 5. The third kappa shape index (κ3) is 3.98. The van der Waals surface area contributed by atoms with E-state index in [4.69, 9.17) is 4.74 Å². The highest BCUT2D eigenvalue weighted by Gasteiger charge is 2.48. The topological polar surface area (TPSA) is 134 Å². The SMILES string of the molecule is COc1ccc2c(c1)C(=O)N(C[C@@]1(C#Cc3ccc(C4(C)NC(=O)CC4=O)cc3C)NC(=O)NC1=O)C2. The van der Waals surface area contributed by atoms with Crippen LogP contribution in [-0.4, -0.2) is 53.6 Å². The second-order valence-electron chi connectivity index (χ2n) is 9.55. The number of rotatable bonds is 4. The predicted octanol–water partition coefficient (Wildman–Crippen LogP) is 0.894. The lowest BCUT2D eigenvalue weighted by molar-refractivity contribution is -0.124. The third-order valence-corrected chi connectivity index (χ3v) is 7.05. The molecule has 10 heteroatoms. The van der Waals surface area contributed by atoms with Gasteiger partial charge in [0, 0.05) is 17.7 Å². The summed E-state index contributed by atoms with van der Waals surface area (Å²) in [6.45, 7) is 3.57. The minimum atomic E-state index is -1.65. The van der Waals surface area contributed by atoms with Crippen molar-refractivity contribution in [2.45, 2.75) is 37.9 Å². The Kier molecular flexibility index (Phi) is 5.52. The van der Waals surface area contributed by atoms with E-state index in [0.29, 0.717) is 22.4 Å². The zero-order valence-electron chi connectivity index (χ0n) is 20.5. The highest BCUT2D eigenvalue weighted by Crippen LogP contribution is 2.30. The Labute approximate surface area is 212 Å². The van der Waals surface area contributed by atoms with Crippen LogP contribution in [0.15, 0.2) is 36.4 Å². The first-order valence-electron chi connectivity index (χ1n) is 11.6. The first kappa shape index (κ1) is 24.1. The van der Waals surface area contributed by atoms with Crippen molar-refractivity contribution in [3.8, 4) is 17.6 Å². The monoisotopic (exact) mass is 500 g/mol. The van der Waals surface area contributed by atoms with E-state index in [1.807, 2.05) is 0 Å². The maximum Gasteiger partial charge on any atom is 0.323 e. The molecule has 2 saturated heterocycles. The number of carbonyl (C=O) groups excluding carboxylic acids is 5. The first-order chi connectivity index (χ1) is 17.5. The predicted molar refractivity (Wildman–Crippen MR) is 130 cm³/mol. The van der Waals surface area contributed by atoms with Gasteiger partial charge in [-0.05, 0) is 48.7 Å². The second kappa shape index (κ2) is 8.48. The number of methoxy groups -OCH3 is 1. The van der Waals surface area contributed by atoms with E-state index in [1.54, 1.807) is 50.2 Å². The molecular weight excluding hydrogens is 476 g/mol. The van der Waals surface area contributed by atoms with Crippen molar-refractivity contribution in [3.63, 3.8) is 0 Å². The van der Waals surface area contributed by atoms with Crippen LogP contribution in [0.5, 0.6) is 5.75 Å². The van der Waals surface area contributed by atoms with Crippen LogP contribution >= 0.6 is 0 Å². The average molecular weight is 501 g/mol. The second-order valence-corrected chi connectivity index (χ2v) is 9.55. The fourth-order valence-corrected chi connectivity index (χ4v) is 4.85. The Morgan fingerprint density at radius 1 is 1.05 bits per heavy atom. The highest BCUT2D eigenvalue weighted by atomic mass is 16.5. The van der Waals surface area contributed by atoms with Crippen LogP contribution in [0.2, 0.25) is 0 Å². The van der Waals surface area contributed by atoms with Crippen LogP contribution < -0.4 is 20.7 Å². The lowest BCUT2D eigenvalue weighted by Crippen LogP contribution is -2.54. The van der Waals surface area contributed by atoms with Gasteiger partial charge in [-0.3, -0.25) is 24.5 Å². The molecule has 3 aliphatic rings. The smallest absolute Gasteiger partial charge is 0.323 e.